The van der Waals surface area contributed by atoms with Crippen LogP contribution in [0, 0.1) is 17.8 Å². The number of aromatic nitrogens is 2. The summed E-state index contributed by atoms with van der Waals surface area (Å²) in [5, 5.41) is 4.65. The monoisotopic (exact) mass is 405 g/mol. The van der Waals surface area contributed by atoms with E-state index in [0.29, 0.717) is 10.4 Å². The summed E-state index contributed by atoms with van der Waals surface area (Å²) in [5.41, 5.74) is 2.23. The molecule has 29 heavy (non-hydrogen) atoms. The number of anilines is 1. The number of hydrogen-bond acceptors (Lipinski definition) is 4. The predicted octanol–water partition coefficient (Wildman–Crippen LogP) is 4.48. The molecule has 7 rings (SSSR count). The van der Waals surface area contributed by atoms with Crippen molar-refractivity contribution in [3.63, 3.8) is 0 Å². The van der Waals surface area contributed by atoms with E-state index in [9.17, 15) is 9.59 Å². The van der Waals surface area contributed by atoms with Gasteiger partial charge in [0.1, 0.15) is 5.56 Å². The van der Waals surface area contributed by atoms with Crippen LogP contribution in [0.1, 0.15) is 54.4 Å². The first-order valence-corrected chi connectivity index (χ1v) is 11.3. The molecule has 6 heteroatoms. The first-order chi connectivity index (χ1) is 14.1. The van der Waals surface area contributed by atoms with E-state index in [1.807, 2.05) is 12.1 Å². The molecule has 4 bridgehead atoms. The summed E-state index contributed by atoms with van der Waals surface area (Å²) < 4.78 is 1.41. The van der Waals surface area contributed by atoms with Crippen molar-refractivity contribution in [1.29, 1.82) is 0 Å². The number of carbonyl (C=O) groups excluding carboxylic acids is 1. The Morgan fingerprint density at radius 2 is 1.72 bits per heavy atom. The van der Waals surface area contributed by atoms with Gasteiger partial charge in [-0.15, -0.1) is 11.3 Å². The minimum Gasteiger partial charge on any atom is -0.322 e. The van der Waals surface area contributed by atoms with Gasteiger partial charge < -0.3 is 5.32 Å². The van der Waals surface area contributed by atoms with E-state index < -0.39 is 5.91 Å². The lowest BCUT2D eigenvalue weighted by atomic mass is 9.48. The number of thiazole rings is 1. The van der Waals surface area contributed by atoms with Gasteiger partial charge in [-0.1, -0.05) is 12.1 Å². The van der Waals surface area contributed by atoms with Crippen LogP contribution in [-0.4, -0.2) is 15.3 Å². The maximum absolute atomic E-state index is 12.6. The van der Waals surface area contributed by atoms with Gasteiger partial charge in [0.25, 0.3) is 11.5 Å². The van der Waals surface area contributed by atoms with Crippen molar-refractivity contribution >= 4 is 27.9 Å². The van der Waals surface area contributed by atoms with Gasteiger partial charge in [0.2, 0.25) is 0 Å². The molecule has 2 heterocycles. The molecule has 3 aromatic rings. The van der Waals surface area contributed by atoms with Gasteiger partial charge in [0, 0.05) is 23.5 Å². The second-order valence-corrected chi connectivity index (χ2v) is 10.1. The number of nitrogens with zero attached hydrogens (tertiary/aromatic N) is 2. The van der Waals surface area contributed by atoms with Gasteiger partial charge in [-0.05, 0) is 79.4 Å². The molecule has 1 aromatic carbocycles. The van der Waals surface area contributed by atoms with Crippen molar-refractivity contribution in [2.24, 2.45) is 17.8 Å². The molecule has 2 aromatic heterocycles. The lowest BCUT2D eigenvalue weighted by Crippen LogP contribution is -2.48. The minimum absolute atomic E-state index is 0.0612. The summed E-state index contributed by atoms with van der Waals surface area (Å²) >= 11 is 1.37. The van der Waals surface area contributed by atoms with Crippen LogP contribution in [0.3, 0.4) is 0 Å². The maximum Gasteiger partial charge on any atom is 0.271 e. The van der Waals surface area contributed by atoms with Crippen molar-refractivity contribution in [3.05, 3.63) is 63.5 Å². The Morgan fingerprint density at radius 3 is 2.38 bits per heavy atom. The molecule has 4 aliphatic carbocycles. The summed E-state index contributed by atoms with van der Waals surface area (Å²) in [6.45, 7) is 0. The van der Waals surface area contributed by atoms with E-state index in [0.717, 1.165) is 23.4 Å². The number of hydrogen-bond donors (Lipinski definition) is 1. The van der Waals surface area contributed by atoms with Crippen LogP contribution in [0.4, 0.5) is 5.69 Å². The third-order valence-corrected chi connectivity index (χ3v) is 8.15. The lowest BCUT2D eigenvalue weighted by molar-refractivity contribution is -0.00518. The molecule has 0 saturated heterocycles. The highest BCUT2D eigenvalue weighted by molar-refractivity contribution is 7.15. The zero-order valence-corrected chi connectivity index (χ0v) is 17.0. The largest absolute Gasteiger partial charge is 0.322 e. The molecule has 1 N–H and O–H groups in total. The summed E-state index contributed by atoms with van der Waals surface area (Å²) in [5.74, 6) is 2.32. The number of nitrogens with one attached hydrogen (secondary N) is 1. The second kappa shape index (κ2) is 6.26. The van der Waals surface area contributed by atoms with Gasteiger partial charge in [-0.2, -0.15) is 0 Å². The number of fused-ring (bicyclic) bond motifs is 1. The number of benzene rings is 1. The predicted molar refractivity (Wildman–Crippen MR) is 114 cm³/mol. The molecular formula is C23H23N3O2S. The standard InChI is InChI=1S/C23H23N3O2S/c27-20(19-13-24-22-26(21(19)28)5-6-29-22)25-18-3-1-17(2-4-18)23-10-14-7-15(11-23)9-16(8-14)12-23/h1-6,13-16H,7-12H2,(H,25,27). The Kier molecular flexibility index (Phi) is 3.76. The molecule has 0 aliphatic heterocycles. The third kappa shape index (κ3) is 2.76. The highest BCUT2D eigenvalue weighted by Gasteiger charge is 2.51. The van der Waals surface area contributed by atoms with E-state index in [1.165, 1.54) is 66.0 Å². The van der Waals surface area contributed by atoms with Gasteiger partial charge in [0.05, 0.1) is 0 Å². The van der Waals surface area contributed by atoms with E-state index in [1.54, 1.807) is 11.6 Å². The molecule has 4 fully saturated rings. The summed E-state index contributed by atoms with van der Waals surface area (Å²) in [6, 6.07) is 8.35. The molecule has 148 valence electrons. The quantitative estimate of drug-likeness (QED) is 0.699. The third-order valence-electron chi connectivity index (χ3n) is 7.38. The van der Waals surface area contributed by atoms with E-state index in [-0.39, 0.29) is 11.1 Å². The molecule has 4 saturated carbocycles. The van der Waals surface area contributed by atoms with Crippen molar-refractivity contribution < 1.29 is 4.79 Å². The normalized spacial score (nSPS) is 30.0. The van der Waals surface area contributed by atoms with Gasteiger partial charge in [-0.3, -0.25) is 14.0 Å². The van der Waals surface area contributed by atoms with Crippen LogP contribution in [0.2, 0.25) is 0 Å². The summed E-state index contributed by atoms with van der Waals surface area (Å²) in [4.78, 5) is 29.9. The molecule has 1 amide bonds. The highest BCUT2D eigenvalue weighted by Crippen LogP contribution is 2.60. The van der Waals surface area contributed by atoms with Crippen molar-refractivity contribution in [2.75, 3.05) is 5.32 Å². The van der Waals surface area contributed by atoms with Gasteiger partial charge in [0.15, 0.2) is 4.96 Å². The smallest absolute Gasteiger partial charge is 0.271 e. The Labute approximate surface area is 172 Å². The van der Waals surface area contributed by atoms with Crippen LogP contribution < -0.4 is 10.9 Å². The fourth-order valence-electron chi connectivity index (χ4n) is 6.55. The zero-order chi connectivity index (χ0) is 19.6. The summed E-state index contributed by atoms with van der Waals surface area (Å²) in [7, 11) is 0. The van der Waals surface area contributed by atoms with E-state index in [2.05, 4.69) is 22.4 Å². The molecule has 5 nitrogen and oxygen atoms in total. The Morgan fingerprint density at radius 1 is 1.07 bits per heavy atom. The van der Waals surface area contributed by atoms with Crippen molar-refractivity contribution in [3.8, 4) is 0 Å². The van der Waals surface area contributed by atoms with Crippen LogP contribution in [0.15, 0.2) is 46.8 Å². The fraction of sp³-hybridized carbons (Fsp3) is 0.435. The maximum atomic E-state index is 12.6. The molecule has 0 unspecified atom stereocenters. The Hall–Kier alpha value is -2.47. The van der Waals surface area contributed by atoms with Crippen LogP contribution in [-0.2, 0) is 5.41 Å². The number of rotatable bonds is 3. The fourth-order valence-corrected chi connectivity index (χ4v) is 7.23. The summed E-state index contributed by atoms with van der Waals surface area (Å²) in [6.07, 6.45) is 11.3. The second-order valence-electron chi connectivity index (χ2n) is 9.26. The molecular weight excluding hydrogens is 382 g/mol. The molecule has 0 atom stereocenters. The Balaban J connectivity index is 1.24. The first-order valence-electron chi connectivity index (χ1n) is 10.5. The van der Waals surface area contributed by atoms with Crippen LogP contribution in [0.25, 0.3) is 4.96 Å². The lowest BCUT2D eigenvalue weighted by Gasteiger charge is -2.57. The van der Waals surface area contributed by atoms with Crippen molar-refractivity contribution in [2.45, 2.75) is 43.9 Å². The SMILES string of the molecule is O=C(Nc1ccc(C23CC4CC(CC(C4)C2)C3)cc1)c1cnc2sccn2c1=O. The van der Waals surface area contributed by atoms with Gasteiger partial charge >= 0.3 is 0 Å². The zero-order valence-electron chi connectivity index (χ0n) is 16.1. The number of carbonyl (C=O) groups is 1. The van der Waals surface area contributed by atoms with Crippen LogP contribution in [0.5, 0.6) is 0 Å². The van der Waals surface area contributed by atoms with E-state index >= 15 is 0 Å². The molecule has 0 radical (unpaired) electrons. The average molecular weight is 406 g/mol. The van der Waals surface area contributed by atoms with Gasteiger partial charge in [-0.25, -0.2) is 4.98 Å². The first kappa shape index (κ1) is 17.4. The number of amides is 1. The van der Waals surface area contributed by atoms with E-state index in [4.69, 9.17) is 0 Å². The Bertz CT molecular complexity index is 1130. The minimum atomic E-state index is -0.411. The highest BCUT2D eigenvalue weighted by atomic mass is 32.1. The molecule has 4 aliphatic rings. The average Bonchev–Trinajstić information content (AvgIpc) is 3.17. The topological polar surface area (TPSA) is 63.5 Å². The van der Waals surface area contributed by atoms with Crippen LogP contribution >= 0.6 is 11.3 Å². The van der Waals surface area contributed by atoms with Crippen molar-refractivity contribution in [1.82, 2.24) is 9.38 Å². The molecule has 0 spiro atoms.